The molecule has 19 heavy (non-hydrogen) atoms. The Bertz CT molecular complexity index is 520. The first-order valence-electron chi connectivity index (χ1n) is 6.12. The van der Waals surface area contributed by atoms with E-state index < -0.39 is 5.82 Å². The maximum Gasteiger partial charge on any atom is 0.127 e. The highest BCUT2D eigenvalue weighted by Crippen LogP contribution is 2.18. The van der Waals surface area contributed by atoms with Crippen molar-refractivity contribution in [1.82, 2.24) is 0 Å². The molecular weight excluding hydrogens is 245 g/mol. The van der Waals surface area contributed by atoms with E-state index in [-0.39, 0.29) is 5.75 Å². The monoisotopic (exact) mass is 261 g/mol. The predicted molar refractivity (Wildman–Crippen MR) is 73.0 cm³/mol. The second kappa shape index (κ2) is 6.09. The number of benzene rings is 2. The van der Waals surface area contributed by atoms with Crippen LogP contribution in [0.15, 0.2) is 42.5 Å². The zero-order valence-corrected chi connectivity index (χ0v) is 10.7. The summed E-state index contributed by atoms with van der Waals surface area (Å²) >= 11 is 0. The fraction of sp³-hybridized carbons (Fsp3) is 0.200. The minimum absolute atomic E-state index is 0.0662. The van der Waals surface area contributed by atoms with E-state index in [2.05, 4.69) is 5.32 Å². The lowest BCUT2D eigenvalue weighted by molar-refractivity contribution is 0.340. The summed E-state index contributed by atoms with van der Waals surface area (Å²) in [6.45, 7) is 3.01. The second-order valence-electron chi connectivity index (χ2n) is 4.13. The third-order valence-electron chi connectivity index (χ3n) is 2.60. The summed E-state index contributed by atoms with van der Waals surface area (Å²) in [5.74, 6) is 0.309. The van der Waals surface area contributed by atoms with Crippen LogP contribution in [0.2, 0.25) is 0 Å². The molecule has 0 atom stereocenters. The topological polar surface area (TPSA) is 41.5 Å². The molecule has 2 aromatic carbocycles. The highest BCUT2D eigenvalue weighted by atomic mass is 19.1. The quantitative estimate of drug-likeness (QED) is 0.865. The van der Waals surface area contributed by atoms with Gasteiger partial charge in [0.25, 0.3) is 0 Å². The average molecular weight is 261 g/mol. The molecule has 0 spiro atoms. The number of nitrogens with one attached hydrogen (secondary N) is 1. The highest BCUT2D eigenvalue weighted by Gasteiger charge is 2.00. The molecule has 100 valence electrons. The summed E-state index contributed by atoms with van der Waals surface area (Å²) in [5.41, 5.74) is 1.60. The van der Waals surface area contributed by atoms with Crippen molar-refractivity contribution in [2.45, 2.75) is 13.5 Å². The standard InChI is InChI=1S/C15H16FNO2/c1-2-19-15-5-3-13(4-6-15)17-10-11-7-12(16)9-14(18)8-11/h3-9,17-18H,2,10H2,1H3. The molecule has 0 amide bonds. The van der Waals surface area contributed by atoms with Gasteiger partial charge in [-0.15, -0.1) is 0 Å². The average Bonchev–Trinajstić information content (AvgIpc) is 2.37. The van der Waals surface area contributed by atoms with Gasteiger partial charge in [0.05, 0.1) is 6.61 Å². The van der Waals surface area contributed by atoms with Crippen molar-refractivity contribution >= 4 is 5.69 Å². The summed E-state index contributed by atoms with van der Waals surface area (Å²) in [5, 5.41) is 12.5. The minimum Gasteiger partial charge on any atom is -0.508 e. The van der Waals surface area contributed by atoms with Crippen molar-refractivity contribution in [3.63, 3.8) is 0 Å². The predicted octanol–water partition coefficient (Wildman–Crippen LogP) is 3.54. The van der Waals surface area contributed by atoms with Gasteiger partial charge in [-0.2, -0.15) is 0 Å². The van der Waals surface area contributed by atoms with Crippen LogP contribution in [0.3, 0.4) is 0 Å². The summed E-state index contributed by atoms with van der Waals surface area (Å²) < 4.78 is 18.4. The highest BCUT2D eigenvalue weighted by molar-refractivity contribution is 5.47. The van der Waals surface area contributed by atoms with Crippen LogP contribution in [0.4, 0.5) is 10.1 Å². The number of phenolic OH excluding ortho intramolecular Hbond substituents is 1. The van der Waals surface area contributed by atoms with Gasteiger partial charge in [0.2, 0.25) is 0 Å². The molecule has 3 nitrogen and oxygen atoms in total. The molecule has 0 aliphatic carbocycles. The van der Waals surface area contributed by atoms with E-state index in [1.54, 1.807) is 0 Å². The van der Waals surface area contributed by atoms with Crippen LogP contribution < -0.4 is 10.1 Å². The van der Waals surface area contributed by atoms with Crippen molar-refractivity contribution in [2.75, 3.05) is 11.9 Å². The van der Waals surface area contributed by atoms with E-state index in [9.17, 15) is 9.50 Å². The number of hydrogen-bond donors (Lipinski definition) is 2. The van der Waals surface area contributed by atoms with Gasteiger partial charge in [-0.25, -0.2) is 4.39 Å². The molecule has 2 N–H and O–H groups in total. The zero-order chi connectivity index (χ0) is 13.7. The molecule has 0 aliphatic rings. The lowest BCUT2D eigenvalue weighted by Crippen LogP contribution is -2.00. The molecular formula is C15H16FNO2. The molecule has 0 saturated heterocycles. The van der Waals surface area contributed by atoms with Gasteiger partial charge in [-0.3, -0.25) is 0 Å². The Kier molecular flexibility index (Phi) is 4.23. The molecule has 0 radical (unpaired) electrons. The normalized spacial score (nSPS) is 10.2. The van der Waals surface area contributed by atoms with Gasteiger partial charge in [-0.1, -0.05) is 0 Å². The lowest BCUT2D eigenvalue weighted by Gasteiger charge is -2.08. The molecule has 0 bridgehead atoms. The van der Waals surface area contributed by atoms with Crippen LogP contribution in [0.5, 0.6) is 11.5 Å². The van der Waals surface area contributed by atoms with Crippen LogP contribution in [-0.2, 0) is 6.54 Å². The molecule has 0 fully saturated rings. The van der Waals surface area contributed by atoms with Gasteiger partial charge in [-0.05, 0) is 48.9 Å². The van der Waals surface area contributed by atoms with Crippen LogP contribution in [-0.4, -0.2) is 11.7 Å². The Labute approximate surface area is 111 Å². The van der Waals surface area contributed by atoms with Gasteiger partial charge in [0, 0.05) is 18.3 Å². The van der Waals surface area contributed by atoms with E-state index in [1.165, 1.54) is 12.1 Å². The van der Waals surface area contributed by atoms with Crippen molar-refractivity contribution in [3.8, 4) is 11.5 Å². The molecule has 0 saturated carbocycles. The number of halogens is 1. The Hall–Kier alpha value is -2.23. The third kappa shape index (κ3) is 3.88. The summed E-state index contributed by atoms with van der Waals surface area (Å²) in [6.07, 6.45) is 0. The SMILES string of the molecule is CCOc1ccc(NCc2cc(O)cc(F)c2)cc1. The smallest absolute Gasteiger partial charge is 0.127 e. The summed E-state index contributed by atoms with van der Waals surface area (Å²) in [4.78, 5) is 0. The Morgan fingerprint density at radius 1 is 1.16 bits per heavy atom. The first kappa shape index (κ1) is 13.2. The Balaban J connectivity index is 1.98. The van der Waals surface area contributed by atoms with Gasteiger partial charge in [0.15, 0.2) is 0 Å². The summed E-state index contributed by atoms with van der Waals surface area (Å²) in [6, 6.07) is 11.5. The minimum atomic E-state index is -0.441. The number of aromatic hydroxyl groups is 1. The molecule has 2 rings (SSSR count). The van der Waals surface area contributed by atoms with Crippen LogP contribution >= 0.6 is 0 Å². The maximum atomic E-state index is 13.1. The van der Waals surface area contributed by atoms with E-state index in [1.807, 2.05) is 31.2 Å². The molecule has 0 aliphatic heterocycles. The van der Waals surface area contributed by atoms with E-state index in [0.717, 1.165) is 17.5 Å². The number of ether oxygens (including phenoxy) is 1. The Morgan fingerprint density at radius 2 is 1.89 bits per heavy atom. The number of hydrogen-bond acceptors (Lipinski definition) is 3. The number of rotatable bonds is 5. The van der Waals surface area contributed by atoms with Gasteiger partial charge >= 0.3 is 0 Å². The first-order valence-corrected chi connectivity index (χ1v) is 6.12. The fourth-order valence-electron chi connectivity index (χ4n) is 1.78. The van der Waals surface area contributed by atoms with Crippen molar-refractivity contribution in [2.24, 2.45) is 0 Å². The van der Waals surface area contributed by atoms with Crippen molar-refractivity contribution < 1.29 is 14.2 Å². The van der Waals surface area contributed by atoms with Crippen molar-refractivity contribution in [1.29, 1.82) is 0 Å². The van der Waals surface area contributed by atoms with Gasteiger partial charge in [0.1, 0.15) is 17.3 Å². The van der Waals surface area contributed by atoms with Crippen LogP contribution in [0.1, 0.15) is 12.5 Å². The molecule has 4 heteroatoms. The van der Waals surface area contributed by atoms with E-state index in [0.29, 0.717) is 18.7 Å². The molecule has 0 aromatic heterocycles. The van der Waals surface area contributed by atoms with E-state index >= 15 is 0 Å². The number of anilines is 1. The lowest BCUT2D eigenvalue weighted by atomic mass is 10.2. The van der Waals surface area contributed by atoms with Gasteiger partial charge < -0.3 is 15.2 Å². The fourth-order valence-corrected chi connectivity index (χ4v) is 1.78. The first-order chi connectivity index (χ1) is 9.17. The maximum absolute atomic E-state index is 13.1. The van der Waals surface area contributed by atoms with Crippen molar-refractivity contribution in [3.05, 3.63) is 53.8 Å². The number of phenols is 1. The second-order valence-corrected chi connectivity index (χ2v) is 4.13. The molecule has 0 unspecified atom stereocenters. The Morgan fingerprint density at radius 3 is 2.53 bits per heavy atom. The third-order valence-corrected chi connectivity index (χ3v) is 2.60. The largest absolute Gasteiger partial charge is 0.508 e. The molecule has 2 aromatic rings. The zero-order valence-electron chi connectivity index (χ0n) is 10.7. The van der Waals surface area contributed by atoms with Crippen LogP contribution in [0.25, 0.3) is 0 Å². The van der Waals surface area contributed by atoms with E-state index in [4.69, 9.17) is 4.74 Å². The summed E-state index contributed by atoms with van der Waals surface area (Å²) in [7, 11) is 0. The molecule has 0 heterocycles. The van der Waals surface area contributed by atoms with Crippen LogP contribution in [0, 0.1) is 5.82 Å².